The zero-order valence-electron chi connectivity index (χ0n) is 27.5. The standard InChI is InChI=1S/C36H46N2O9/c1-16-11-12-18(14-20-15-19(20)13-16)7-5-10-23(40)47-32-24-17(2)21-8-6-9-22(39)25(21)30(41)26(24)33(43)36(46)28(32)29(38(3)4)31(42)27(34(36)44)35(37)45/h6,8-9,16-20,24,26-29,32,39,46H,5,7,10-15H2,1-4H3,(H2,37,45). The van der Waals surface area contributed by atoms with Crippen molar-refractivity contribution in [3.8, 4) is 5.75 Å². The van der Waals surface area contributed by atoms with E-state index in [1.54, 1.807) is 19.1 Å². The van der Waals surface area contributed by atoms with Crippen molar-refractivity contribution in [1.29, 1.82) is 0 Å². The van der Waals surface area contributed by atoms with Gasteiger partial charge in [-0.15, -0.1) is 0 Å². The van der Waals surface area contributed by atoms with Crippen molar-refractivity contribution >= 4 is 35.0 Å². The van der Waals surface area contributed by atoms with Gasteiger partial charge >= 0.3 is 5.97 Å². The van der Waals surface area contributed by atoms with E-state index in [4.69, 9.17) is 10.5 Å². The summed E-state index contributed by atoms with van der Waals surface area (Å²) in [6.45, 7) is 4.04. The minimum atomic E-state index is -3.03. The van der Waals surface area contributed by atoms with Crippen LogP contribution in [0.15, 0.2) is 18.2 Å². The number of carbonyl (C=O) groups excluding carboxylic acids is 6. The highest BCUT2D eigenvalue weighted by molar-refractivity contribution is 6.32. The van der Waals surface area contributed by atoms with Gasteiger partial charge in [0, 0.05) is 12.3 Å². The van der Waals surface area contributed by atoms with Crippen molar-refractivity contribution in [3.63, 3.8) is 0 Å². The molecule has 47 heavy (non-hydrogen) atoms. The van der Waals surface area contributed by atoms with E-state index < -0.39 is 82.3 Å². The number of ketones is 4. The Morgan fingerprint density at radius 2 is 1.72 bits per heavy atom. The number of aliphatic hydroxyl groups is 1. The molecule has 0 aromatic heterocycles. The fourth-order valence-electron chi connectivity index (χ4n) is 9.66. The monoisotopic (exact) mass is 650 g/mol. The number of fused-ring (bicyclic) bond motifs is 4. The van der Waals surface area contributed by atoms with E-state index >= 15 is 0 Å². The molecule has 0 bridgehead atoms. The normalized spacial score (nSPS) is 39.6. The Kier molecular flexibility index (Phi) is 8.70. The number of aromatic hydroxyl groups is 1. The van der Waals surface area contributed by atoms with Gasteiger partial charge in [0.1, 0.15) is 11.9 Å². The quantitative estimate of drug-likeness (QED) is 0.293. The molecule has 5 aliphatic carbocycles. The van der Waals surface area contributed by atoms with Crippen molar-refractivity contribution < 1.29 is 43.7 Å². The first-order valence-corrected chi connectivity index (χ1v) is 17.0. The lowest BCUT2D eigenvalue weighted by Gasteiger charge is -2.56. The summed E-state index contributed by atoms with van der Waals surface area (Å²) in [5.74, 6) is -10.9. The molecule has 0 saturated heterocycles. The highest BCUT2D eigenvalue weighted by Crippen LogP contribution is 2.55. The molecule has 6 rings (SSSR count). The lowest BCUT2D eigenvalue weighted by Crippen LogP contribution is -2.78. The molecule has 1 aromatic carbocycles. The zero-order valence-corrected chi connectivity index (χ0v) is 27.5. The number of ether oxygens (including phenoxy) is 1. The summed E-state index contributed by atoms with van der Waals surface area (Å²) in [6, 6.07) is 3.10. The third-order valence-corrected chi connectivity index (χ3v) is 12.1. The number of phenols is 1. The molecule has 12 atom stereocenters. The van der Waals surface area contributed by atoms with E-state index in [9.17, 15) is 39.0 Å². The number of primary amides is 1. The minimum absolute atomic E-state index is 0.0469. The van der Waals surface area contributed by atoms with Crippen LogP contribution in [-0.4, -0.2) is 82.0 Å². The van der Waals surface area contributed by atoms with Crippen LogP contribution in [0.25, 0.3) is 0 Å². The number of likely N-dealkylation sites (N-methyl/N-ethyl adjacent to an activating group) is 1. The first-order valence-electron chi connectivity index (χ1n) is 17.0. The molecule has 4 N–H and O–H groups in total. The first-order chi connectivity index (χ1) is 22.2. The number of amides is 1. The van der Waals surface area contributed by atoms with E-state index in [-0.39, 0.29) is 17.7 Å². The largest absolute Gasteiger partial charge is 0.507 e. The Morgan fingerprint density at radius 1 is 1.02 bits per heavy atom. The zero-order chi connectivity index (χ0) is 34.1. The molecular weight excluding hydrogens is 604 g/mol. The average Bonchev–Trinajstić information content (AvgIpc) is 3.71. The van der Waals surface area contributed by atoms with E-state index in [1.165, 1.54) is 44.3 Å². The third kappa shape index (κ3) is 5.43. The molecule has 0 radical (unpaired) electrons. The second kappa shape index (κ2) is 12.2. The van der Waals surface area contributed by atoms with Crippen molar-refractivity contribution in [2.75, 3.05) is 14.1 Å². The molecule has 11 heteroatoms. The van der Waals surface area contributed by atoms with Gasteiger partial charge in [0.2, 0.25) is 5.91 Å². The molecule has 254 valence electrons. The number of esters is 1. The average molecular weight is 651 g/mol. The van der Waals surface area contributed by atoms with Crippen LogP contribution in [0.4, 0.5) is 0 Å². The molecule has 0 spiro atoms. The maximum Gasteiger partial charge on any atom is 0.306 e. The van der Waals surface area contributed by atoms with E-state index in [0.29, 0.717) is 23.8 Å². The summed E-state index contributed by atoms with van der Waals surface area (Å²) in [4.78, 5) is 83.4. The molecule has 12 unspecified atom stereocenters. The van der Waals surface area contributed by atoms with Gasteiger partial charge in [0.05, 0.1) is 23.4 Å². The summed E-state index contributed by atoms with van der Waals surface area (Å²) in [5.41, 5.74) is 2.76. The first kappa shape index (κ1) is 33.5. The minimum Gasteiger partial charge on any atom is -0.507 e. The van der Waals surface area contributed by atoms with Crippen LogP contribution in [0.2, 0.25) is 0 Å². The molecule has 4 saturated carbocycles. The number of hydrogen-bond acceptors (Lipinski definition) is 10. The number of carbonyl (C=O) groups is 6. The van der Waals surface area contributed by atoms with Gasteiger partial charge in [0.15, 0.2) is 34.7 Å². The molecule has 1 amide bonds. The van der Waals surface area contributed by atoms with Crippen LogP contribution in [0.5, 0.6) is 5.75 Å². The molecule has 11 nitrogen and oxygen atoms in total. The predicted molar refractivity (Wildman–Crippen MR) is 168 cm³/mol. The van der Waals surface area contributed by atoms with Crippen LogP contribution in [-0.2, 0) is 28.7 Å². The third-order valence-electron chi connectivity index (χ3n) is 12.1. The molecule has 4 fully saturated rings. The lowest BCUT2D eigenvalue weighted by atomic mass is 9.49. The van der Waals surface area contributed by atoms with Gasteiger partial charge in [-0.1, -0.05) is 38.8 Å². The maximum absolute atomic E-state index is 14.3. The summed E-state index contributed by atoms with van der Waals surface area (Å²) in [6.07, 6.45) is 6.07. The number of nitrogens with zero attached hydrogens (tertiary/aromatic N) is 1. The molecule has 0 heterocycles. The van der Waals surface area contributed by atoms with Crippen LogP contribution in [0, 0.1) is 47.3 Å². The summed E-state index contributed by atoms with van der Waals surface area (Å²) >= 11 is 0. The van der Waals surface area contributed by atoms with Crippen molar-refractivity contribution in [3.05, 3.63) is 29.3 Å². The highest BCUT2D eigenvalue weighted by Gasteiger charge is 2.74. The van der Waals surface area contributed by atoms with Gasteiger partial charge in [0.25, 0.3) is 0 Å². The molecular formula is C36H46N2O9. The molecule has 0 aliphatic heterocycles. The van der Waals surface area contributed by atoms with Crippen molar-refractivity contribution in [1.82, 2.24) is 4.90 Å². The van der Waals surface area contributed by atoms with Crippen molar-refractivity contribution in [2.45, 2.75) is 88.9 Å². The number of hydrogen-bond donors (Lipinski definition) is 3. The molecule has 1 aromatic rings. The highest BCUT2D eigenvalue weighted by atomic mass is 16.5. The van der Waals surface area contributed by atoms with E-state index in [0.717, 1.165) is 31.1 Å². The Balaban J connectivity index is 1.35. The Bertz CT molecular complexity index is 1520. The van der Waals surface area contributed by atoms with Crippen molar-refractivity contribution in [2.24, 2.45) is 53.1 Å². The second-order valence-corrected chi connectivity index (χ2v) is 15.2. The second-order valence-electron chi connectivity index (χ2n) is 15.2. The Hall–Kier alpha value is -3.44. The van der Waals surface area contributed by atoms with Gasteiger partial charge in [-0.2, -0.15) is 0 Å². The van der Waals surface area contributed by atoms with E-state index in [1.807, 2.05) is 0 Å². The SMILES string of the molecule is CC1CCC(CCCC(=O)OC2C3C(C(=O)c4c(O)cccc4C3C)C(=O)C3(O)C(=O)C(C(N)=O)C(=O)C(N(C)C)C23)CC2CC2C1. The Morgan fingerprint density at radius 3 is 2.40 bits per heavy atom. The van der Waals surface area contributed by atoms with Gasteiger partial charge in [-0.25, -0.2) is 0 Å². The fourth-order valence-corrected chi connectivity index (χ4v) is 9.66. The number of Topliss-reactive ketones (excluding diaryl/α,β-unsaturated/α-hetero) is 4. The molecule has 5 aliphatic rings. The van der Waals surface area contributed by atoms with Crippen LogP contribution >= 0.6 is 0 Å². The van der Waals surface area contributed by atoms with E-state index in [2.05, 4.69) is 6.92 Å². The van der Waals surface area contributed by atoms with Gasteiger partial charge in [-0.05, 0) is 87.4 Å². The smallest absolute Gasteiger partial charge is 0.306 e. The van der Waals surface area contributed by atoms with Crippen LogP contribution in [0.1, 0.15) is 87.1 Å². The van der Waals surface area contributed by atoms with Gasteiger partial charge in [-0.3, -0.25) is 33.7 Å². The summed E-state index contributed by atoms with van der Waals surface area (Å²) in [7, 11) is 2.99. The maximum atomic E-state index is 14.3. The van der Waals surface area contributed by atoms with Crippen LogP contribution < -0.4 is 5.73 Å². The summed E-state index contributed by atoms with van der Waals surface area (Å²) < 4.78 is 6.15. The van der Waals surface area contributed by atoms with Gasteiger partial charge < -0.3 is 20.7 Å². The Labute approximate surface area is 274 Å². The fraction of sp³-hybridized carbons (Fsp3) is 0.667. The predicted octanol–water partition coefficient (Wildman–Crippen LogP) is 2.58. The topological polar surface area (TPSA) is 181 Å². The number of benzene rings is 1. The number of nitrogens with two attached hydrogens (primary N) is 1. The van der Waals surface area contributed by atoms with Crippen LogP contribution in [0.3, 0.4) is 0 Å². The number of phenolic OH excluding ortho intramolecular Hbond substituents is 1. The summed E-state index contributed by atoms with van der Waals surface area (Å²) in [5, 5.41) is 22.8. The number of rotatable bonds is 7. The lowest BCUT2D eigenvalue weighted by molar-refractivity contribution is -0.205.